The van der Waals surface area contributed by atoms with Gasteiger partial charge in [-0.25, -0.2) is 4.79 Å². The Bertz CT molecular complexity index is 1600. The smallest absolute Gasteiger partial charge is 0.352 e. The molecule has 0 saturated carbocycles. The Hall–Kier alpha value is -4.10. The molecule has 3 aliphatic rings. The minimum atomic E-state index is -1.23. The number of carbonyl (C=O) groups is 3. The van der Waals surface area contributed by atoms with E-state index in [1.807, 2.05) is 12.2 Å². The third kappa shape index (κ3) is 4.97. The van der Waals surface area contributed by atoms with Gasteiger partial charge in [0.25, 0.3) is 11.8 Å². The zero-order chi connectivity index (χ0) is 27.8. The number of allylic oxidation sites excluding steroid dienone is 1. The van der Waals surface area contributed by atoms with Crippen molar-refractivity contribution in [3.63, 3.8) is 0 Å². The molecule has 3 atom stereocenters. The molecule has 4 N–H and O–H groups in total. The number of oxime groups is 1. The van der Waals surface area contributed by atoms with Gasteiger partial charge in [0.05, 0.1) is 0 Å². The first kappa shape index (κ1) is 26.1. The summed E-state index contributed by atoms with van der Waals surface area (Å²) in [5.74, 6) is -1.92. The fourth-order valence-corrected chi connectivity index (χ4v) is 6.97. The van der Waals surface area contributed by atoms with E-state index in [2.05, 4.69) is 40.5 Å². The summed E-state index contributed by atoms with van der Waals surface area (Å²) in [7, 11) is 0. The summed E-state index contributed by atoms with van der Waals surface area (Å²) in [6, 6.07) is 2.45. The molecular weight excluding hydrogens is 583 g/mol. The van der Waals surface area contributed by atoms with Crippen LogP contribution in [0.4, 0.5) is 5.13 Å². The molecule has 1 fully saturated rings. The Morgan fingerprint density at radius 1 is 1.35 bits per heavy atom. The molecular formula is C21H19N11O5S3. The number of aromatic nitrogens is 7. The third-order valence-electron chi connectivity index (χ3n) is 6.09. The number of nitrogens with zero attached hydrogens (tertiary/aromatic N) is 9. The molecule has 3 aromatic heterocycles. The van der Waals surface area contributed by atoms with Crippen LogP contribution in [0.5, 0.6) is 0 Å². The molecule has 6 rings (SSSR count). The van der Waals surface area contributed by atoms with Crippen LogP contribution in [0, 0.1) is 0 Å². The van der Waals surface area contributed by atoms with Crippen LogP contribution in [-0.4, -0.2) is 97.1 Å². The maximum atomic E-state index is 13.2. The molecule has 1 aliphatic carbocycles. The van der Waals surface area contributed by atoms with E-state index in [4.69, 9.17) is 10.6 Å². The number of carboxylic acid groups (broad SMARTS) is 1. The number of hydrogen-bond donors (Lipinski definition) is 3. The summed E-state index contributed by atoms with van der Waals surface area (Å²) in [5, 5.41) is 32.1. The molecule has 1 saturated heterocycles. The van der Waals surface area contributed by atoms with Crippen LogP contribution in [0.25, 0.3) is 5.65 Å². The van der Waals surface area contributed by atoms with Crippen LogP contribution in [0.1, 0.15) is 18.7 Å². The average molecular weight is 602 g/mol. The van der Waals surface area contributed by atoms with Crippen LogP contribution in [-0.2, 0) is 19.2 Å². The number of anilines is 1. The lowest BCUT2D eigenvalue weighted by Crippen LogP contribution is -2.71. The van der Waals surface area contributed by atoms with Gasteiger partial charge in [-0.2, -0.15) is 9.36 Å². The first-order valence-corrected chi connectivity index (χ1v) is 14.6. The van der Waals surface area contributed by atoms with Gasteiger partial charge in [0.15, 0.2) is 10.8 Å². The van der Waals surface area contributed by atoms with Crippen LogP contribution >= 0.6 is 35.1 Å². The Labute approximate surface area is 237 Å². The topological polar surface area (TPSA) is 216 Å². The number of tetrazole rings is 1. The van der Waals surface area contributed by atoms with E-state index in [-0.39, 0.29) is 34.2 Å². The number of nitrogen functional groups attached to an aromatic ring is 1. The zero-order valence-corrected chi connectivity index (χ0v) is 22.7. The lowest BCUT2D eigenvalue weighted by molar-refractivity contribution is -0.150. The van der Waals surface area contributed by atoms with Gasteiger partial charge in [0.1, 0.15) is 28.2 Å². The number of nitrogens with two attached hydrogens (primary N) is 1. The van der Waals surface area contributed by atoms with Crippen molar-refractivity contribution < 1.29 is 24.3 Å². The van der Waals surface area contributed by atoms with Crippen LogP contribution in [0.2, 0.25) is 0 Å². The van der Waals surface area contributed by atoms with Gasteiger partial charge in [-0.05, 0) is 47.1 Å². The molecule has 2 aliphatic heterocycles. The molecule has 0 radical (unpaired) electrons. The Morgan fingerprint density at radius 3 is 2.98 bits per heavy atom. The fourth-order valence-electron chi connectivity index (χ4n) is 4.20. The number of carbonyl (C=O) groups excluding carboxylic acids is 2. The fraction of sp³-hybridized carbons (Fsp3) is 0.333. The van der Waals surface area contributed by atoms with Gasteiger partial charge in [-0.3, -0.25) is 14.5 Å². The molecule has 16 nitrogen and oxygen atoms in total. The van der Waals surface area contributed by atoms with Gasteiger partial charge in [0, 0.05) is 23.0 Å². The summed E-state index contributed by atoms with van der Waals surface area (Å²) in [5.41, 5.74) is 6.40. The number of rotatable bonds is 9. The van der Waals surface area contributed by atoms with Crippen molar-refractivity contribution in [2.24, 2.45) is 5.16 Å². The van der Waals surface area contributed by atoms with Crippen molar-refractivity contribution in [3.8, 4) is 0 Å². The van der Waals surface area contributed by atoms with E-state index in [1.54, 1.807) is 12.1 Å². The first-order valence-electron chi connectivity index (χ1n) is 11.8. The van der Waals surface area contributed by atoms with Crippen molar-refractivity contribution >= 4 is 69.3 Å². The molecule has 19 heteroatoms. The average Bonchev–Trinajstić information content (AvgIpc) is 3.72. The van der Waals surface area contributed by atoms with E-state index in [0.717, 1.165) is 18.0 Å². The highest BCUT2D eigenvalue weighted by Crippen LogP contribution is 2.41. The van der Waals surface area contributed by atoms with E-state index in [0.29, 0.717) is 28.4 Å². The highest BCUT2D eigenvalue weighted by molar-refractivity contribution is 8.01. The number of amides is 2. The second-order valence-corrected chi connectivity index (χ2v) is 11.5. The number of thioether (sulfide) groups is 2. The summed E-state index contributed by atoms with van der Waals surface area (Å²) < 4.78 is 5.32. The molecule has 0 bridgehead atoms. The van der Waals surface area contributed by atoms with Crippen LogP contribution < -0.4 is 11.1 Å². The third-order valence-corrected chi connectivity index (χ3v) is 8.98. The molecule has 2 unspecified atom stereocenters. The molecule has 0 aromatic carbocycles. The van der Waals surface area contributed by atoms with Gasteiger partial charge in [0.2, 0.25) is 11.5 Å². The predicted octanol–water partition coefficient (Wildman–Crippen LogP) is -0.0768. The van der Waals surface area contributed by atoms with E-state index >= 15 is 0 Å². The van der Waals surface area contributed by atoms with Gasteiger partial charge < -0.3 is 21.0 Å². The van der Waals surface area contributed by atoms with E-state index in [9.17, 15) is 19.5 Å². The Kier molecular flexibility index (Phi) is 7.07. The summed E-state index contributed by atoms with van der Waals surface area (Å²) in [6.07, 6.45) is 5.04. The normalized spacial score (nSPS) is 22.4. The Morgan fingerprint density at radius 2 is 2.23 bits per heavy atom. The quantitative estimate of drug-likeness (QED) is 0.0962. The predicted molar refractivity (Wildman–Crippen MR) is 143 cm³/mol. The van der Waals surface area contributed by atoms with Gasteiger partial charge in [-0.1, -0.05) is 11.2 Å². The minimum Gasteiger partial charge on any atom is -0.477 e. The number of hydrogen-bond acceptors (Lipinski definition) is 15. The van der Waals surface area contributed by atoms with Crippen molar-refractivity contribution in [1.29, 1.82) is 0 Å². The highest BCUT2D eigenvalue weighted by Gasteiger charge is 2.54. The number of fused-ring (bicyclic) bond motifs is 2. The van der Waals surface area contributed by atoms with E-state index < -0.39 is 29.2 Å². The lowest BCUT2D eigenvalue weighted by atomic mass is 10.0. The molecule has 206 valence electrons. The molecule has 40 heavy (non-hydrogen) atoms. The molecule has 2 amide bonds. The van der Waals surface area contributed by atoms with Crippen molar-refractivity contribution in [2.45, 2.75) is 35.4 Å². The standard InChI is InChI=1S/C21H19N11O5S3/c22-21-24-16(28-40-21)13(27-37-10-3-1-2-4-10)17(33)23-14-18(34)31-15(20(35)36)9(8-39-19(14)31)7-38-12-6-5-11-25-29-30-32(11)26-12/h1,3,5-6,10,14,19H,2,4,7-8H2,(H,23,33)(H,35,36)(H2,22,24,28)/t10?,14?,19-/m1/s1. The first-order chi connectivity index (χ1) is 19.4. The molecule has 5 heterocycles. The maximum absolute atomic E-state index is 13.2. The summed E-state index contributed by atoms with van der Waals surface area (Å²) in [6.45, 7) is 0. The number of carboxylic acids is 1. The zero-order valence-electron chi connectivity index (χ0n) is 20.3. The summed E-state index contributed by atoms with van der Waals surface area (Å²) in [4.78, 5) is 49.3. The van der Waals surface area contributed by atoms with E-state index in [1.165, 1.54) is 33.1 Å². The largest absolute Gasteiger partial charge is 0.477 e. The van der Waals surface area contributed by atoms with Gasteiger partial charge in [-0.15, -0.1) is 38.4 Å². The Balaban J connectivity index is 1.17. The second-order valence-electron chi connectivity index (χ2n) is 8.65. The summed E-state index contributed by atoms with van der Waals surface area (Å²) >= 11 is 3.54. The SMILES string of the molecule is Nc1nc(C(=NOC2C=CCC2)C(=O)NC2C(=O)N3C(C(=O)O)=C(CSc4ccc5nnnn5n4)CS[C@H]23)ns1. The highest BCUT2D eigenvalue weighted by atomic mass is 32.2. The van der Waals surface area contributed by atoms with Crippen molar-refractivity contribution in [2.75, 3.05) is 17.2 Å². The molecule has 3 aromatic rings. The monoisotopic (exact) mass is 601 g/mol. The number of nitrogens with one attached hydrogen (secondary N) is 1. The number of β-lactam (4-membered cyclic amide) rings is 1. The number of aliphatic carboxylic acids is 1. The van der Waals surface area contributed by atoms with Crippen LogP contribution in [0.3, 0.4) is 0 Å². The molecule has 0 spiro atoms. The minimum absolute atomic E-state index is 0.0270. The second kappa shape index (κ2) is 10.8. The van der Waals surface area contributed by atoms with Crippen LogP contribution in [0.15, 0.2) is 45.7 Å². The maximum Gasteiger partial charge on any atom is 0.352 e. The van der Waals surface area contributed by atoms with Gasteiger partial charge >= 0.3 is 5.97 Å². The van der Waals surface area contributed by atoms with Crippen molar-refractivity contribution in [1.82, 2.24) is 44.8 Å². The van der Waals surface area contributed by atoms with Crippen molar-refractivity contribution in [3.05, 3.63) is 41.4 Å². The lowest BCUT2D eigenvalue weighted by Gasteiger charge is -2.49.